The van der Waals surface area contributed by atoms with E-state index in [9.17, 15) is 4.79 Å². The monoisotopic (exact) mass is 451 g/mol. The summed E-state index contributed by atoms with van der Waals surface area (Å²) in [5, 5.41) is 4.43. The highest BCUT2D eigenvalue weighted by Crippen LogP contribution is 2.20. The first-order valence-electron chi connectivity index (χ1n) is 9.49. The molecule has 2 aromatic carbocycles. The number of fused-ring (bicyclic) bond motifs is 1. The van der Waals surface area contributed by atoms with Crippen molar-refractivity contribution in [2.75, 3.05) is 7.05 Å². The number of nitrogens with zero attached hydrogens (tertiary/aromatic N) is 5. The molecule has 0 atom stereocenters. The van der Waals surface area contributed by atoms with E-state index in [0.717, 1.165) is 39.3 Å². The Morgan fingerprint density at radius 3 is 2.59 bits per heavy atom. The average molecular weight is 452 g/mol. The lowest BCUT2D eigenvalue weighted by Crippen LogP contribution is -2.28. The molecule has 0 bridgehead atoms. The Labute approximate surface area is 177 Å². The van der Waals surface area contributed by atoms with Crippen LogP contribution in [0.1, 0.15) is 28.8 Å². The maximum atomic E-state index is 13.1. The Hall–Kier alpha value is -2.93. The number of carbonyl (C=O) groups excluding carboxylic acids is 1. The van der Waals surface area contributed by atoms with E-state index in [2.05, 4.69) is 38.6 Å². The van der Waals surface area contributed by atoms with Crippen LogP contribution in [0.3, 0.4) is 0 Å². The first-order valence-corrected chi connectivity index (χ1v) is 10.3. The van der Waals surface area contributed by atoms with Gasteiger partial charge in [0.05, 0.1) is 40.7 Å². The molecule has 29 heavy (non-hydrogen) atoms. The van der Waals surface area contributed by atoms with Gasteiger partial charge in [-0.2, -0.15) is 5.10 Å². The van der Waals surface area contributed by atoms with Crippen LogP contribution in [-0.2, 0) is 13.1 Å². The van der Waals surface area contributed by atoms with E-state index in [1.54, 1.807) is 22.8 Å². The van der Waals surface area contributed by atoms with Crippen molar-refractivity contribution in [2.24, 2.45) is 0 Å². The fourth-order valence-corrected chi connectivity index (χ4v) is 3.82. The zero-order valence-electron chi connectivity index (χ0n) is 16.6. The number of carbonyl (C=O) groups is 1. The van der Waals surface area contributed by atoms with E-state index >= 15 is 0 Å². The molecule has 148 valence electrons. The van der Waals surface area contributed by atoms with Crippen LogP contribution in [0.25, 0.3) is 16.7 Å². The Morgan fingerprint density at radius 2 is 1.86 bits per heavy atom. The number of hydrogen-bond donors (Lipinski definition) is 0. The normalized spacial score (nSPS) is 11.2. The molecule has 0 fully saturated rings. The second-order valence-electron chi connectivity index (χ2n) is 6.95. The molecule has 2 heterocycles. The number of halogens is 1. The van der Waals surface area contributed by atoms with Crippen LogP contribution in [0.2, 0.25) is 0 Å². The van der Waals surface area contributed by atoms with Crippen LogP contribution in [0.15, 0.2) is 59.2 Å². The highest BCUT2D eigenvalue weighted by Gasteiger charge is 2.21. The van der Waals surface area contributed by atoms with Crippen LogP contribution in [0, 0.1) is 6.92 Å². The fourth-order valence-electron chi connectivity index (χ4n) is 3.55. The van der Waals surface area contributed by atoms with Crippen molar-refractivity contribution in [3.05, 3.63) is 76.3 Å². The standard InChI is InChI=1S/C22H22BrN5O/c1-4-27-20-8-6-5-7-19(20)25-21(27)14-26(3)22(29)18-13-24-28(15(18)2)17-11-9-16(23)10-12-17/h5-13H,4,14H2,1-3H3. The molecule has 0 aliphatic heterocycles. The minimum Gasteiger partial charge on any atom is -0.334 e. The number of benzene rings is 2. The van der Waals surface area contributed by atoms with Gasteiger partial charge in [0.25, 0.3) is 5.91 Å². The minimum atomic E-state index is -0.0689. The number of amides is 1. The number of rotatable bonds is 5. The molecule has 0 unspecified atom stereocenters. The molecule has 0 aliphatic carbocycles. The summed E-state index contributed by atoms with van der Waals surface area (Å²) in [7, 11) is 1.80. The van der Waals surface area contributed by atoms with Crippen molar-refractivity contribution < 1.29 is 4.79 Å². The van der Waals surface area contributed by atoms with E-state index in [-0.39, 0.29) is 5.91 Å². The Morgan fingerprint density at radius 1 is 1.14 bits per heavy atom. The third kappa shape index (κ3) is 3.58. The third-order valence-corrected chi connectivity index (χ3v) is 5.62. The lowest BCUT2D eigenvalue weighted by molar-refractivity contribution is 0.0779. The molecule has 0 N–H and O–H groups in total. The first-order chi connectivity index (χ1) is 14.0. The van der Waals surface area contributed by atoms with Crippen LogP contribution in [-0.4, -0.2) is 37.2 Å². The summed E-state index contributed by atoms with van der Waals surface area (Å²) in [6.45, 7) is 5.24. The second kappa shape index (κ2) is 7.83. The van der Waals surface area contributed by atoms with E-state index in [4.69, 9.17) is 4.98 Å². The molecule has 0 saturated heterocycles. The fraction of sp³-hybridized carbons (Fsp3) is 0.227. The molecule has 0 radical (unpaired) electrons. The Bertz CT molecular complexity index is 1180. The maximum absolute atomic E-state index is 13.1. The SMILES string of the molecule is CCn1c(CN(C)C(=O)c2cnn(-c3ccc(Br)cc3)c2C)nc2ccccc21. The predicted molar refractivity (Wildman–Crippen MR) is 117 cm³/mol. The lowest BCUT2D eigenvalue weighted by atomic mass is 10.2. The lowest BCUT2D eigenvalue weighted by Gasteiger charge is -2.17. The molecule has 1 amide bonds. The summed E-state index contributed by atoms with van der Waals surface area (Å²) < 4.78 is 4.94. The van der Waals surface area contributed by atoms with Crippen LogP contribution in [0.5, 0.6) is 0 Å². The van der Waals surface area contributed by atoms with Crippen molar-refractivity contribution in [3.63, 3.8) is 0 Å². The van der Waals surface area contributed by atoms with Gasteiger partial charge in [-0.1, -0.05) is 28.1 Å². The zero-order valence-corrected chi connectivity index (χ0v) is 18.2. The third-order valence-electron chi connectivity index (χ3n) is 5.09. The molecule has 7 heteroatoms. The molecule has 6 nitrogen and oxygen atoms in total. The summed E-state index contributed by atoms with van der Waals surface area (Å²) in [6, 6.07) is 15.9. The number of aryl methyl sites for hydroxylation is 1. The molecule has 4 aromatic rings. The molecule has 4 rings (SSSR count). The molecular weight excluding hydrogens is 430 g/mol. The summed E-state index contributed by atoms with van der Waals surface area (Å²) in [4.78, 5) is 19.5. The van der Waals surface area contributed by atoms with Crippen LogP contribution >= 0.6 is 15.9 Å². The summed E-state index contributed by atoms with van der Waals surface area (Å²) >= 11 is 3.44. The van der Waals surface area contributed by atoms with Crippen molar-refractivity contribution in [1.82, 2.24) is 24.2 Å². The Balaban J connectivity index is 1.60. The van der Waals surface area contributed by atoms with Gasteiger partial charge in [0.15, 0.2) is 0 Å². The van der Waals surface area contributed by atoms with Gasteiger partial charge in [-0.25, -0.2) is 9.67 Å². The van der Waals surface area contributed by atoms with Crippen LogP contribution < -0.4 is 0 Å². The van der Waals surface area contributed by atoms with E-state index < -0.39 is 0 Å². The summed E-state index contributed by atoms with van der Waals surface area (Å²) in [6.07, 6.45) is 1.64. The van der Waals surface area contributed by atoms with Gasteiger partial charge < -0.3 is 9.47 Å². The van der Waals surface area contributed by atoms with Crippen LogP contribution in [0.4, 0.5) is 0 Å². The molecule has 0 spiro atoms. The van der Waals surface area contributed by atoms with E-state index in [0.29, 0.717) is 12.1 Å². The number of aromatic nitrogens is 4. The number of para-hydroxylation sites is 2. The van der Waals surface area contributed by atoms with Gasteiger partial charge >= 0.3 is 0 Å². The van der Waals surface area contributed by atoms with Crippen molar-refractivity contribution in [1.29, 1.82) is 0 Å². The largest absolute Gasteiger partial charge is 0.334 e. The van der Waals surface area contributed by atoms with Crippen molar-refractivity contribution >= 4 is 32.9 Å². The Kier molecular flexibility index (Phi) is 5.24. The van der Waals surface area contributed by atoms with Crippen molar-refractivity contribution in [2.45, 2.75) is 26.9 Å². The highest BCUT2D eigenvalue weighted by molar-refractivity contribution is 9.10. The summed E-state index contributed by atoms with van der Waals surface area (Å²) in [5.41, 5.74) is 4.36. The minimum absolute atomic E-state index is 0.0689. The number of imidazole rings is 1. The van der Waals surface area contributed by atoms with Gasteiger partial charge in [-0.05, 0) is 50.2 Å². The van der Waals surface area contributed by atoms with Crippen molar-refractivity contribution in [3.8, 4) is 5.69 Å². The zero-order chi connectivity index (χ0) is 20.5. The topological polar surface area (TPSA) is 56.0 Å². The first kappa shape index (κ1) is 19.4. The molecule has 2 aromatic heterocycles. The molecular formula is C22H22BrN5O. The van der Waals surface area contributed by atoms with E-state index in [1.165, 1.54) is 0 Å². The van der Waals surface area contributed by atoms with Gasteiger partial charge in [-0.3, -0.25) is 4.79 Å². The van der Waals surface area contributed by atoms with Gasteiger partial charge in [0.1, 0.15) is 5.82 Å². The average Bonchev–Trinajstić information content (AvgIpc) is 3.27. The second-order valence-corrected chi connectivity index (χ2v) is 7.87. The maximum Gasteiger partial charge on any atom is 0.257 e. The highest BCUT2D eigenvalue weighted by atomic mass is 79.9. The quantitative estimate of drug-likeness (QED) is 0.445. The molecule has 0 saturated carbocycles. The van der Waals surface area contributed by atoms with Gasteiger partial charge in [-0.15, -0.1) is 0 Å². The summed E-state index contributed by atoms with van der Waals surface area (Å²) in [5.74, 6) is 0.808. The number of hydrogen-bond acceptors (Lipinski definition) is 3. The smallest absolute Gasteiger partial charge is 0.257 e. The van der Waals surface area contributed by atoms with E-state index in [1.807, 2.05) is 49.4 Å². The van der Waals surface area contributed by atoms with Gasteiger partial charge in [0.2, 0.25) is 0 Å². The van der Waals surface area contributed by atoms with Gasteiger partial charge in [0, 0.05) is 18.1 Å². The molecule has 0 aliphatic rings. The predicted octanol–water partition coefficient (Wildman–Crippen LogP) is 4.59.